The van der Waals surface area contributed by atoms with Crippen molar-refractivity contribution in [2.24, 2.45) is 5.84 Å². The first kappa shape index (κ1) is 12.0. The van der Waals surface area contributed by atoms with Gasteiger partial charge in [-0.3, -0.25) is 0 Å². The van der Waals surface area contributed by atoms with Crippen LogP contribution in [0.3, 0.4) is 0 Å². The number of nitrogens with zero attached hydrogens (tertiary/aromatic N) is 1. The van der Waals surface area contributed by atoms with Crippen LogP contribution < -0.4 is 16.6 Å². The molecule has 0 bridgehead atoms. The number of thiazole rings is 1. The van der Waals surface area contributed by atoms with E-state index < -0.39 is 0 Å². The topological polar surface area (TPSA) is 63.0 Å². The Kier molecular flexibility index (Phi) is 3.68. The zero-order valence-electron chi connectivity index (χ0n) is 9.23. The molecule has 4 N–H and O–H groups in total. The van der Waals surface area contributed by atoms with E-state index >= 15 is 0 Å². The van der Waals surface area contributed by atoms with Gasteiger partial charge in [-0.1, -0.05) is 29.8 Å². The molecule has 0 unspecified atom stereocenters. The third-order valence-electron chi connectivity index (χ3n) is 2.20. The summed E-state index contributed by atoms with van der Waals surface area (Å²) >= 11 is 6.39. The van der Waals surface area contributed by atoms with Crippen LogP contribution in [0.1, 0.15) is 5.56 Å². The summed E-state index contributed by atoms with van der Waals surface area (Å²) in [4.78, 5) is 4.42. The van der Waals surface area contributed by atoms with Crippen LogP contribution in [0, 0.1) is 6.92 Å². The minimum Gasteiger partial charge on any atom is -0.308 e. The lowest BCUT2D eigenvalue weighted by molar-refractivity contribution is 1.04. The maximum atomic E-state index is 5.18. The van der Waals surface area contributed by atoms with Gasteiger partial charge in [0.1, 0.15) is 0 Å². The fraction of sp³-hybridized carbons (Fsp3) is 0.0909. The average Bonchev–Trinajstić information content (AvgIpc) is 2.78. The van der Waals surface area contributed by atoms with Gasteiger partial charge >= 0.3 is 0 Å². The van der Waals surface area contributed by atoms with Crippen LogP contribution in [-0.4, -0.2) is 10.1 Å². The summed E-state index contributed by atoms with van der Waals surface area (Å²) < 4.78 is 0. The summed E-state index contributed by atoms with van der Waals surface area (Å²) in [6.07, 6.45) is 0. The summed E-state index contributed by atoms with van der Waals surface area (Å²) in [5.74, 6) is 5.18. The van der Waals surface area contributed by atoms with Crippen molar-refractivity contribution in [1.82, 2.24) is 10.4 Å². The second-order valence-corrected chi connectivity index (χ2v) is 4.77. The molecule has 0 amide bonds. The fourth-order valence-corrected chi connectivity index (χ4v) is 2.21. The number of nitrogens with one attached hydrogen (secondary N) is 2. The molecule has 1 heterocycles. The van der Waals surface area contributed by atoms with Crippen molar-refractivity contribution in [3.8, 4) is 11.3 Å². The Morgan fingerprint density at radius 2 is 2.06 bits per heavy atom. The van der Waals surface area contributed by atoms with Crippen molar-refractivity contribution in [3.63, 3.8) is 0 Å². The molecule has 0 radical (unpaired) electrons. The molecule has 6 heteroatoms. The third kappa shape index (κ3) is 3.00. The molecule has 0 saturated heterocycles. The van der Waals surface area contributed by atoms with Gasteiger partial charge in [0, 0.05) is 10.9 Å². The highest BCUT2D eigenvalue weighted by atomic mass is 32.1. The van der Waals surface area contributed by atoms with Crippen molar-refractivity contribution < 1.29 is 0 Å². The van der Waals surface area contributed by atoms with E-state index in [0.717, 1.165) is 16.4 Å². The van der Waals surface area contributed by atoms with Gasteiger partial charge < -0.3 is 10.7 Å². The molecule has 4 nitrogen and oxygen atoms in total. The van der Waals surface area contributed by atoms with E-state index in [-0.39, 0.29) is 0 Å². The Hall–Kier alpha value is -1.50. The SMILES string of the molecule is Cc1ccc(-c2csc(NC(=S)NN)n2)cc1. The molecule has 2 rings (SSSR count). The highest BCUT2D eigenvalue weighted by molar-refractivity contribution is 7.80. The number of thiocarbonyl (C=S) groups is 1. The molecule has 88 valence electrons. The van der Waals surface area contributed by atoms with Gasteiger partial charge in [-0.15, -0.1) is 11.3 Å². The van der Waals surface area contributed by atoms with E-state index in [1.54, 1.807) is 0 Å². The number of hydrogen-bond acceptors (Lipinski definition) is 4. The molecule has 0 aliphatic rings. The Morgan fingerprint density at radius 1 is 1.35 bits per heavy atom. The predicted octanol–water partition coefficient (Wildman–Crippen LogP) is 2.28. The summed E-state index contributed by atoms with van der Waals surface area (Å²) in [5, 5.41) is 5.96. The van der Waals surface area contributed by atoms with E-state index in [1.807, 2.05) is 17.5 Å². The maximum Gasteiger partial charge on any atom is 0.189 e. The van der Waals surface area contributed by atoms with Crippen LogP contribution in [0.25, 0.3) is 11.3 Å². The molecule has 17 heavy (non-hydrogen) atoms. The molecular weight excluding hydrogens is 252 g/mol. The molecule has 1 aromatic heterocycles. The first-order chi connectivity index (χ1) is 8.19. The molecule has 1 aromatic carbocycles. The van der Waals surface area contributed by atoms with Crippen molar-refractivity contribution in [1.29, 1.82) is 0 Å². The summed E-state index contributed by atoms with van der Waals surface area (Å²) in [5.41, 5.74) is 5.61. The summed E-state index contributed by atoms with van der Waals surface area (Å²) in [7, 11) is 0. The number of hydrazine groups is 1. The average molecular weight is 264 g/mol. The number of rotatable bonds is 2. The minimum absolute atomic E-state index is 0.356. The standard InChI is InChI=1S/C11H12N4S2/c1-7-2-4-8(5-3-7)9-6-17-11(13-9)14-10(16)15-12/h2-6H,12H2,1H3,(H2,13,14,15,16). The van der Waals surface area contributed by atoms with Crippen LogP contribution in [0.15, 0.2) is 29.6 Å². The largest absolute Gasteiger partial charge is 0.308 e. The van der Waals surface area contributed by atoms with Gasteiger partial charge in [0.25, 0.3) is 0 Å². The number of benzene rings is 1. The lowest BCUT2D eigenvalue weighted by atomic mass is 10.1. The molecule has 0 spiro atoms. The quantitative estimate of drug-likeness (QED) is 0.441. The van der Waals surface area contributed by atoms with Crippen LogP contribution in [-0.2, 0) is 0 Å². The van der Waals surface area contributed by atoms with Gasteiger partial charge in [-0.2, -0.15) is 0 Å². The van der Waals surface area contributed by atoms with Gasteiger partial charge in [0.15, 0.2) is 10.2 Å². The fourth-order valence-electron chi connectivity index (χ4n) is 1.32. The first-order valence-corrected chi connectivity index (χ1v) is 6.28. The summed E-state index contributed by atoms with van der Waals surface area (Å²) in [6.45, 7) is 2.06. The smallest absolute Gasteiger partial charge is 0.189 e. The minimum atomic E-state index is 0.356. The second kappa shape index (κ2) is 5.22. The van der Waals surface area contributed by atoms with Gasteiger partial charge in [0.05, 0.1) is 5.69 Å². The van der Waals surface area contributed by atoms with Gasteiger partial charge in [0.2, 0.25) is 0 Å². The van der Waals surface area contributed by atoms with E-state index in [9.17, 15) is 0 Å². The Bertz CT molecular complexity index is 519. The van der Waals surface area contributed by atoms with Crippen molar-refractivity contribution in [2.75, 3.05) is 5.32 Å². The number of aromatic nitrogens is 1. The monoisotopic (exact) mass is 264 g/mol. The molecular formula is C11H12N4S2. The molecule has 0 fully saturated rings. The maximum absolute atomic E-state index is 5.18. The molecule has 0 saturated carbocycles. The molecule has 0 aliphatic heterocycles. The van der Waals surface area contributed by atoms with Crippen LogP contribution in [0.2, 0.25) is 0 Å². The first-order valence-electron chi connectivity index (χ1n) is 4.99. The van der Waals surface area contributed by atoms with E-state index in [0.29, 0.717) is 5.11 Å². The zero-order chi connectivity index (χ0) is 12.3. The zero-order valence-corrected chi connectivity index (χ0v) is 10.9. The van der Waals surface area contributed by atoms with Crippen molar-refractivity contribution in [3.05, 3.63) is 35.2 Å². The highest BCUT2D eigenvalue weighted by Crippen LogP contribution is 2.24. The van der Waals surface area contributed by atoms with Crippen molar-refractivity contribution in [2.45, 2.75) is 6.92 Å². The van der Waals surface area contributed by atoms with Gasteiger partial charge in [-0.25, -0.2) is 10.8 Å². The normalized spacial score (nSPS) is 10.0. The van der Waals surface area contributed by atoms with E-state index in [4.69, 9.17) is 18.1 Å². The Balaban J connectivity index is 2.18. The lowest BCUT2D eigenvalue weighted by Crippen LogP contribution is -2.34. The number of nitrogens with two attached hydrogens (primary N) is 1. The van der Waals surface area contributed by atoms with E-state index in [2.05, 4.69) is 34.8 Å². The predicted molar refractivity (Wildman–Crippen MR) is 75.8 cm³/mol. The third-order valence-corrected chi connectivity index (χ3v) is 3.18. The van der Waals surface area contributed by atoms with Gasteiger partial charge in [-0.05, 0) is 19.1 Å². The summed E-state index contributed by atoms with van der Waals surface area (Å²) in [6, 6.07) is 8.23. The lowest BCUT2D eigenvalue weighted by Gasteiger charge is -2.01. The van der Waals surface area contributed by atoms with E-state index in [1.165, 1.54) is 16.9 Å². The second-order valence-electron chi connectivity index (χ2n) is 3.50. The molecule has 0 atom stereocenters. The Morgan fingerprint density at radius 3 is 2.71 bits per heavy atom. The Labute approximate surface area is 109 Å². The number of aryl methyl sites for hydroxylation is 1. The molecule has 2 aromatic rings. The number of anilines is 1. The molecule has 0 aliphatic carbocycles. The van der Waals surface area contributed by atoms with Crippen molar-refractivity contribution >= 4 is 33.8 Å². The highest BCUT2D eigenvalue weighted by Gasteiger charge is 2.05. The van der Waals surface area contributed by atoms with Crippen LogP contribution in [0.4, 0.5) is 5.13 Å². The number of hydrogen-bond donors (Lipinski definition) is 3. The van der Waals surface area contributed by atoms with Crippen LogP contribution >= 0.6 is 23.6 Å². The van der Waals surface area contributed by atoms with Crippen LogP contribution in [0.5, 0.6) is 0 Å².